The first-order valence-corrected chi connectivity index (χ1v) is 8.63. The largest absolute Gasteiger partial charge is 0.347 e. The zero-order valence-corrected chi connectivity index (χ0v) is 15.0. The molecule has 0 aliphatic rings. The van der Waals surface area contributed by atoms with Crippen LogP contribution in [0.1, 0.15) is 16.7 Å². The van der Waals surface area contributed by atoms with Gasteiger partial charge in [0.1, 0.15) is 0 Å². The SMILES string of the molecule is Cc1cccc(C)c1NC(=O)CNC(=O)Cc1ccc2ccccc2c1. The Kier molecular flexibility index (Phi) is 5.32. The molecular weight excluding hydrogens is 324 g/mol. The number of nitrogens with one attached hydrogen (secondary N) is 2. The van der Waals surface area contributed by atoms with Gasteiger partial charge < -0.3 is 10.6 Å². The minimum absolute atomic E-state index is 0.0415. The number of fused-ring (bicyclic) bond motifs is 1. The first-order chi connectivity index (χ1) is 12.5. The fraction of sp³-hybridized carbons (Fsp3) is 0.182. The summed E-state index contributed by atoms with van der Waals surface area (Å²) in [6, 6.07) is 19.8. The summed E-state index contributed by atoms with van der Waals surface area (Å²) in [4.78, 5) is 24.3. The molecule has 26 heavy (non-hydrogen) atoms. The van der Waals surface area contributed by atoms with Gasteiger partial charge in [-0.05, 0) is 41.3 Å². The molecule has 0 atom stereocenters. The Balaban J connectivity index is 1.55. The molecule has 0 fully saturated rings. The Hall–Kier alpha value is -3.14. The van der Waals surface area contributed by atoms with Crippen LogP contribution < -0.4 is 10.6 Å². The highest BCUT2D eigenvalue weighted by molar-refractivity contribution is 5.96. The number of aryl methyl sites for hydroxylation is 2. The highest BCUT2D eigenvalue weighted by Crippen LogP contribution is 2.19. The summed E-state index contributed by atoms with van der Waals surface area (Å²) < 4.78 is 0. The van der Waals surface area contributed by atoms with Gasteiger partial charge >= 0.3 is 0 Å². The van der Waals surface area contributed by atoms with E-state index in [1.165, 1.54) is 0 Å². The maximum Gasteiger partial charge on any atom is 0.243 e. The Morgan fingerprint density at radius 1 is 0.808 bits per heavy atom. The summed E-state index contributed by atoms with van der Waals surface area (Å²) >= 11 is 0. The Bertz CT molecular complexity index is 943. The van der Waals surface area contributed by atoms with Gasteiger partial charge in [0.2, 0.25) is 11.8 Å². The van der Waals surface area contributed by atoms with Crippen LogP contribution in [0, 0.1) is 13.8 Å². The Morgan fingerprint density at radius 2 is 1.50 bits per heavy atom. The van der Waals surface area contributed by atoms with Crippen molar-refractivity contribution in [1.29, 1.82) is 0 Å². The van der Waals surface area contributed by atoms with Gasteiger partial charge in [0.25, 0.3) is 0 Å². The molecule has 0 spiro atoms. The van der Waals surface area contributed by atoms with Gasteiger partial charge in [0.15, 0.2) is 0 Å². The third-order valence-corrected chi connectivity index (χ3v) is 4.37. The second kappa shape index (κ2) is 7.83. The molecule has 0 radical (unpaired) electrons. The summed E-state index contributed by atoms with van der Waals surface area (Å²) in [5.41, 5.74) is 3.74. The third-order valence-electron chi connectivity index (χ3n) is 4.37. The predicted octanol–water partition coefficient (Wildman–Crippen LogP) is 3.75. The summed E-state index contributed by atoms with van der Waals surface area (Å²) in [5, 5.41) is 7.80. The summed E-state index contributed by atoms with van der Waals surface area (Å²) in [6.07, 6.45) is 0.251. The molecule has 4 heteroatoms. The van der Waals surface area contributed by atoms with Crippen molar-refractivity contribution in [3.63, 3.8) is 0 Å². The minimum atomic E-state index is -0.228. The van der Waals surface area contributed by atoms with E-state index in [4.69, 9.17) is 0 Å². The number of para-hydroxylation sites is 1. The number of hydrogen-bond donors (Lipinski definition) is 2. The number of anilines is 1. The van der Waals surface area contributed by atoms with Crippen LogP contribution >= 0.6 is 0 Å². The van der Waals surface area contributed by atoms with E-state index in [0.717, 1.165) is 33.2 Å². The molecule has 2 N–H and O–H groups in total. The van der Waals surface area contributed by atoms with Gasteiger partial charge in [0.05, 0.1) is 13.0 Å². The summed E-state index contributed by atoms with van der Waals surface area (Å²) in [6.45, 7) is 3.85. The lowest BCUT2D eigenvalue weighted by atomic mass is 10.0. The van der Waals surface area contributed by atoms with E-state index in [0.29, 0.717) is 0 Å². The number of amides is 2. The van der Waals surface area contributed by atoms with Crippen molar-refractivity contribution >= 4 is 28.3 Å². The molecule has 0 aromatic heterocycles. The Labute approximate surface area is 153 Å². The maximum absolute atomic E-state index is 12.1. The third kappa shape index (κ3) is 4.28. The van der Waals surface area contributed by atoms with Crippen LogP contribution in [-0.4, -0.2) is 18.4 Å². The minimum Gasteiger partial charge on any atom is -0.347 e. The molecule has 3 aromatic rings. The summed E-state index contributed by atoms with van der Waals surface area (Å²) in [5.74, 6) is -0.397. The molecule has 0 bridgehead atoms. The lowest BCUT2D eigenvalue weighted by Gasteiger charge is -2.12. The van der Waals surface area contributed by atoms with Gasteiger partial charge in [-0.1, -0.05) is 60.7 Å². The van der Waals surface area contributed by atoms with E-state index in [1.54, 1.807) is 0 Å². The fourth-order valence-corrected chi connectivity index (χ4v) is 2.97. The molecule has 0 saturated carbocycles. The average Bonchev–Trinajstić information content (AvgIpc) is 2.63. The normalized spacial score (nSPS) is 10.5. The molecule has 4 nitrogen and oxygen atoms in total. The first-order valence-electron chi connectivity index (χ1n) is 8.63. The predicted molar refractivity (Wildman–Crippen MR) is 105 cm³/mol. The average molecular weight is 346 g/mol. The first kappa shape index (κ1) is 17.7. The maximum atomic E-state index is 12.1. The van der Waals surface area contributed by atoms with Crippen LogP contribution in [0.3, 0.4) is 0 Å². The lowest BCUT2D eigenvalue weighted by molar-refractivity contribution is -0.123. The second-order valence-corrected chi connectivity index (χ2v) is 6.45. The standard InChI is InChI=1S/C22H22N2O2/c1-15-6-5-7-16(2)22(15)24-21(26)14-23-20(25)13-17-10-11-18-8-3-4-9-19(18)12-17/h3-12H,13-14H2,1-2H3,(H,23,25)(H,24,26). The smallest absolute Gasteiger partial charge is 0.243 e. The zero-order chi connectivity index (χ0) is 18.5. The van der Waals surface area contributed by atoms with Crippen LogP contribution in [0.5, 0.6) is 0 Å². The monoisotopic (exact) mass is 346 g/mol. The van der Waals surface area contributed by atoms with Crippen LogP contribution in [0.15, 0.2) is 60.7 Å². The molecule has 3 rings (SSSR count). The van der Waals surface area contributed by atoms with Gasteiger partial charge in [-0.2, -0.15) is 0 Å². The van der Waals surface area contributed by atoms with Gasteiger partial charge in [-0.15, -0.1) is 0 Å². The highest BCUT2D eigenvalue weighted by atomic mass is 16.2. The Morgan fingerprint density at radius 3 is 2.23 bits per heavy atom. The highest BCUT2D eigenvalue weighted by Gasteiger charge is 2.10. The van der Waals surface area contributed by atoms with Crippen LogP contribution in [0.25, 0.3) is 10.8 Å². The molecule has 3 aromatic carbocycles. The molecule has 2 amide bonds. The van der Waals surface area contributed by atoms with Gasteiger partial charge in [-0.3, -0.25) is 9.59 Å². The van der Waals surface area contributed by atoms with Gasteiger partial charge in [-0.25, -0.2) is 0 Å². The molecule has 0 unspecified atom stereocenters. The lowest BCUT2D eigenvalue weighted by Crippen LogP contribution is -2.34. The van der Waals surface area contributed by atoms with Crippen LogP contribution in [0.4, 0.5) is 5.69 Å². The van der Waals surface area contributed by atoms with Crippen LogP contribution in [-0.2, 0) is 16.0 Å². The molecule has 0 heterocycles. The quantitative estimate of drug-likeness (QED) is 0.739. The fourth-order valence-electron chi connectivity index (χ4n) is 2.97. The molecule has 132 valence electrons. The summed E-state index contributed by atoms with van der Waals surface area (Å²) in [7, 11) is 0. The van der Waals surface area contributed by atoms with E-state index >= 15 is 0 Å². The van der Waals surface area contributed by atoms with Gasteiger partial charge in [0, 0.05) is 5.69 Å². The zero-order valence-electron chi connectivity index (χ0n) is 15.0. The van der Waals surface area contributed by atoms with E-state index in [9.17, 15) is 9.59 Å². The number of benzene rings is 3. The number of rotatable bonds is 5. The van der Waals surface area contributed by atoms with Crippen LogP contribution in [0.2, 0.25) is 0 Å². The van der Waals surface area contributed by atoms with E-state index in [1.807, 2.05) is 74.5 Å². The number of carbonyl (C=O) groups excluding carboxylic acids is 2. The van der Waals surface area contributed by atoms with Crippen molar-refractivity contribution in [2.45, 2.75) is 20.3 Å². The molecular formula is C22H22N2O2. The van der Waals surface area contributed by atoms with Crippen molar-refractivity contribution in [2.75, 3.05) is 11.9 Å². The molecule has 0 aliphatic heterocycles. The van der Waals surface area contributed by atoms with Crippen molar-refractivity contribution in [3.05, 3.63) is 77.4 Å². The van der Waals surface area contributed by atoms with Crippen molar-refractivity contribution in [1.82, 2.24) is 5.32 Å². The molecule has 0 saturated heterocycles. The topological polar surface area (TPSA) is 58.2 Å². The van der Waals surface area contributed by atoms with E-state index in [-0.39, 0.29) is 24.8 Å². The van der Waals surface area contributed by atoms with Crippen molar-refractivity contribution < 1.29 is 9.59 Å². The molecule has 0 aliphatic carbocycles. The van der Waals surface area contributed by atoms with E-state index < -0.39 is 0 Å². The number of carbonyl (C=O) groups is 2. The van der Waals surface area contributed by atoms with Crippen molar-refractivity contribution in [3.8, 4) is 0 Å². The second-order valence-electron chi connectivity index (χ2n) is 6.45. The van der Waals surface area contributed by atoms with E-state index in [2.05, 4.69) is 10.6 Å². The van der Waals surface area contributed by atoms with Crippen molar-refractivity contribution in [2.24, 2.45) is 0 Å². The number of hydrogen-bond acceptors (Lipinski definition) is 2.